The van der Waals surface area contributed by atoms with Crippen LogP contribution in [0.25, 0.3) is 0 Å². The van der Waals surface area contributed by atoms with Gasteiger partial charge < -0.3 is 10.2 Å². The maximum Gasteiger partial charge on any atom is 0.412 e. The molecule has 0 aliphatic heterocycles. The summed E-state index contributed by atoms with van der Waals surface area (Å²) in [5.74, 6) is 0. The van der Waals surface area contributed by atoms with Crippen LogP contribution in [0.1, 0.15) is 26.3 Å². The second-order valence-corrected chi connectivity index (χ2v) is 5.16. The second-order valence-electron chi connectivity index (χ2n) is 4.72. The third-order valence-corrected chi connectivity index (χ3v) is 2.56. The number of hydrogen-bond acceptors (Lipinski definition) is 2. The molecule has 0 unspecified atom stereocenters. The fourth-order valence-corrected chi connectivity index (χ4v) is 1.80. The van der Waals surface area contributed by atoms with E-state index in [0.29, 0.717) is 16.3 Å². The minimum atomic E-state index is -1.07. The van der Waals surface area contributed by atoms with Gasteiger partial charge in [0, 0.05) is 16.1 Å². The van der Waals surface area contributed by atoms with Crippen LogP contribution < -0.4 is 4.90 Å². The third kappa shape index (κ3) is 3.11. The topological polar surface area (TPSA) is 60.8 Å². The molecule has 1 amide bonds. The molecule has 1 aromatic rings. The molecule has 0 spiro atoms. The van der Waals surface area contributed by atoms with Crippen LogP contribution in [-0.2, 0) is 6.61 Å². The molecule has 0 saturated heterocycles. The first kappa shape index (κ1) is 13.8. The molecule has 0 aliphatic rings. The van der Waals surface area contributed by atoms with Gasteiger partial charge in [0.15, 0.2) is 0 Å². The maximum atomic E-state index is 11.3. The Labute approximate surface area is 105 Å². The average Bonchev–Trinajstić information content (AvgIpc) is 2.15. The maximum absolute atomic E-state index is 11.3. The van der Waals surface area contributed by atoms with E-state index < -0.39 is 11.6 Å². The van der Waals surface area contributed by atoms with Gasteiger partial charge in [-0.25, -0.2) is 4.79 Å². The zero-order chi connectivity index (χ0) is 13.2. The predicted molar refractivity (Wildman–Crippen MR) is 67.6 cm³/mol. The van der Waals surface area contributed by atoms with Gasteiger partial charge in [0.2, 0.25) is 0 Å². The third-order valence-electron chi connectivity index (χ3n) is 2.32. The van der Waals surface area contributed by atoms with Crippen LogP contribution in [0, 0.1) is 0 Å². The van der Waals surface area contributed by atoms with Crippen molar-refractivity contribution in [2.45, 2.75) is 32.9 Å². The van der Waals surface area contributed by atoms with E-state index in [2.05, 4.69) is 0 Å². The molecule has 17 heavy (non-hydrogen) atoms. The number of nitrogens with zero attached hydrogens (tertiary/aromatic N) is 1. The zero-order valence-corrected chi connectivity index (χ0v) is 10.8. The van der Waals surface area contributed by atoms with E-state index in [0.717, 1.165) is 0 Å². The Morgan fingerprint density at radius 2 is 2.00 bits per heavy atom. The Hall–Kier alpha value is -1.26. The van der Waals surface area contributed by atoms with Crippen molar-refractivity contribution in [2.75, 3.05) is 4.90 Å². The molecule has 0 saturated carbocycles. The van der Waals surface area contributed by atoms with E-state index in [1.807, 2.05) is 0 Å². The van der Waals surface area contributed by atoms with Gasteiger partial charge in [0.05, 0.1) is 12.3 Å². The van der Waals surface area contributed by atoms with Crippen LogP contribution in [0.5, 0.6) is 0 Å². The summed E-state index contributed by atoms with van der Waals surface area (Å²) in [5, 5.41) is 19.0. The van der Waals surface area contributed by atoms with Crippen molar-refractivity contribution < 1.29 is 15.0 Å². The monoisotopic (exact) mass is 257 g/mol. The number of rotatable bonds is 2. The normalized spacial score (nSPS) is 11.4. The molecule has 0 atom stereocenters. The minimum absolute atomic E-state index is 0.230. The number of aliphatic hydroxyl groups excluding tert-OH is 1. The van der Waals surface area contributed by atoms with Crippen molar-refractivity contribution in [3.8, 4) is 0 Å². The number of hydrogen-bond donors (Lipinski definition) is 2. The molecule has 0 aliphatic carbocycles. The van der Waals surface area contributed by atoms with E-state index in [9.17, 15) is 15.0 Å². The molecule has 1 rings (SSSR count). The van der Waals surface area contributed by atoms with Crippen LogP contribution in [0.4, 0.5) is 10.5 Å². The number of aliphatic hydroxyl groups is 1. The smallest absolute Gasteiger partial charge is 0.412 e. The molecule has 0 aromatic heterocycles. The van der Waals surface area contributed by atoms with Crippen molar-refractivity contribution >= 4 is 23.4 Å². The Morgan fingerprint density at radius 1 is 1.41 bits per heavy atom. The van der Waals surface area contributed by atoms with Crippen molar-refractivity contribution in [1.29, 1.82) is 0 Å². The molecule has 2 N–H and O–H groups in total. The average molecular weight is 258 g/mol. The summed E-state index contributed by atoms with van der Waals surface area (Å²) in [6.07, 6.45) is -1.07. The highest BCUT2D eigenvalue weighted by Crippen LogP contribution is 2.30. The van der Waals surface area contributed by atoms with Gasteiger partial charge >= 0.3 is 6.09 Å². The summed E-state index contributed by atoms with van der Waals surface area (Å²) < 4.78 is 0. The van der Waals surface area contributed by atoms with E-state index >= 15 is 0 Å². The largest absolute Gasteiger partial charge is 0.465 e. The van der Waals surface area contributed by atoms with E-state index in [4.69, 9.17) is 11.6 Å². The number of carboxylic acid groups (broad SMARTS) is 1. The Bertz CT molecular complexity index is 426. The molecule has 4 nitrogen and oxygen atoms in total. The van der Waals surface area contributed by atoms with Crippen LogP contribution in [0.3, 0.4) is 0 Å². The Balaban J connectivity index is 3.37. The number of carbonyl (C=O) groups is 1. The lowest BCUT2D eigenvalue weighted by molar-refractivity contribution is 0.195. The summed E-state index contributed by atoms with van der Waals surface area (Å²) in [7, 11) is 0. The Kier molecular flexibility index (Phi) is 4.01. The summed E-state index contributed by atoms with van der Waals surface area (Å²) in [5.41, 5.74) is 0.340. The first-order chi connectivity index (χ1) is 7.77. The molecule has 5 heteroatoms. The second kappa shape index (κ2) is 4.94. The molecule has 0 fully saturated rings. The molecule has 94 valence electrons. The molecule has 1 aromatic carbocycles. The van der Waals surface area contributed by atoms with Gasteiger partial charge in [-0.1, -0.05) is 17.7 Å². The van der Waals surface area contributed by atoms with E-state index in [-0.39, 0.29) is 6.61 Å². The van der Waals surface area contributed by atoms with Gasteiger partial charge in [-0.2, -0.15) is 0 Å². The van der Waals surface area contributed by atoms with Crippen LogP contribution >= 0.6 is 11.6 Å². The Morgan fingerprint density at radius 3 is 2.41 bits per heavy atom. The van der Waals surface area contributed by atoms with Crippen LogP contribution in [0.2, 0.25) is 5.02 Å². The van der Waals surface area contributed by atoms with Crippen LogP contribution in [0.15, 0.2) is 18.2 Å². The molecule has 0 bridgehead atoms. The van der Waals surface area contributed by atoms with Crippen molar-refractivity contribution in [3.63, 3.8) is 0 Å². The minimum Gasteiger partial charge on any atom is -0.465 e. The summed E-state index contributed by atoms with van der Waals surface area (Å²) in [6, 6.07) is 4.80. The van der Waals surface area contributed by atoms with Gasteiger partial charge in [-0.15, -0.1) is 0 Å². The molecular formula is C12H16ClNO3. The molecule has 0 heterocycles. The van der Waals surface area contributed by atoms with Crippen LogP contribution in [-0.4, -0.2) is 21.8 Å². The van der Waals surface area contributed by atoms with Crippen molar-refractivity contribution in [3.05, 3.63) is 28.8 Å². The number of anilines is 1. The predicted octanol–water partition coefficient (Wildman–Crippen LogP) is 3.12. The van der Waals surface area contributed by atoms with E-state index in [1.54, 1.807) is 39.0 Å². The lowest BCUT2D eigenvalue weighted by Gasteiger charge is -2.34. The number of halogens is 1. The standard InChI is InChI=1S/C12H16ClNO3/c1-12(2,3)14(11(16)17)10-6-9(13)5-4-8(10)7-15/h4-6,15H,7H2,1-3H3,(H,16,17). The quantitative estimate of drug-likeness (QED) is 0.856. The first-order valence-electron chi connectivity index (χ1n) is 5.20. The molecule has 0 radical (unpaired) electrons. The highest BCUT2D eigenvalue weighted by Gasteiger charge is 2.29. The lowest BCUT2D eigenvalue weighted by Crippen LogP contribution is -2.45. The summed E-state index contributed by atoms with van der Waals surface area (Å²) >= 11 is 5.87. The zero-order valence-electron chi connectivity index (χ0n) is 10.1. The number of benzene rings is 1. The first-order valence-corrected chi connectivity index (χ1v) is 5.57. The van der Waals surface area contributed by atoms with Gasteiger partial charge in [0.25, 0.3) is 0 Å². The van der Waals surface area contributed by atoms with Gasteiger partial charge in [0.1, 0.15) is 0 Å². The SMILES string of the molecule is CC(C)(C)N(C(=O)O)c1cc(Cl)ccc1CO. The summed E-state index contributed by atoms with van der Waals surface area (Å²) in [4.78, 5) is 12.5. The van der Waals surface area contributed by atoms with E-state index in [1.165, 1.54) is 4.90 Å². The van der Waals surface area contributed by atoms with Crippen molar-refractivity contribution in [2.24, 2.45) is 0 Å². The van der Waals surface area contributed by atoms with Crippen molar-refractivity contribution in [1.82, 2.24) is 0 Å². The summed E-state index contributed by atoms with van der Waals surface area (Å²) in [6.45, 7) is 5.11. The highest BCUT2D eigenvalue weighted by atomic mass is 35.5. The van der Waals surface area contributed by atoms with Gasteiger partial charge in [-0.3, -0.25) is 4.90 Å². The molecular weight excluding hydrogens is 242 g/mol. The lowest BCUT2D eigenvalue weighted by atomic mass is 10.0. The number of amides is 1. The fourth-order valence-electron chi connectivity index (χ4n) is 1.63. The fraction of sp³-hybridized carbons (Fsp3) is 0.417. The van der Waals surface area contributed by atoms with Gasteiger partial charge in [-0.05, 0) is 32.9 Å². The highest BCUT2D eigenvalue weighted by molar-refractivity contribution is 6.31.